The lowest BCUT2D eigenvalue weighted by atomic mass is 10.2. The van der Waals surface area contributed by atoms with Crippen molar-refractivity contribution in [3.63, 3.8) is 0 Å². The molecular formula is C15H18IN3. The molecule has 0 amide bonds. The van der Waals surface area contributed by atoms with Crippen molar-refractivity contribution in [1.29, 1.82) is 0 Å². The van der Waals surface area contributed by atoms with E-state index in [1.807, 2.05) is 6.20 Å². The highest BCUT2D eigenvalue weighted by Crippen LogP contribution is 2.20. The molecule has 4 heteroatoms. The van der Waals surface area contributed by atoms with Gasteiger partial charge in [0, 0.05) is 27.4 Å². The molecule has 0 radical (unpaired) electrons. The van der Waals surface area contributed by atoms with E-state index in [1.54, 1.807) is 0 Å². The van der Waals surface area contributed by atoms with Crippen LogP contribution in [0.15, 0.2) is 30.5 Å². The number of benzene rings is 1. The minimum Gasteiger partial charge on any atom is -0.310 e. The molecule has 1 aromatic carbocycles. The van der Waals surface area contributed by atoms with E-state index in [0.29, 0.717) is 0 Å². The molecule has 100 valence electrons. The second kappa shape index (κ2) is 5.63. The van der Waals surface area contributed by atoms with Crippen molar-refractivity contribution < 1.29 is 0 Å². The smallest absolute Gasteiger partial charge is 0.0662 e. The molecule has 19 heavy (non-hydrogen) atoms. The first-order valence-corrected chi connectivity index (χ1v) is 7.79. The summed E-state index contributed by atoms with van der Waals surface area (Å²) in [7, 11) is 0. The van der Waals surface area contributed by atoms with Gasteiger partial charge in [0.15, 0.2) is 0 Å². The van der Waals surface area contributed by atoms with E-state index in [1.165, 1.54) is 33.2 Å². The zero-order valence-corrected chi connectivity index (χ0v) is 13.2. The Hall–Kier alpha value is -0.880. The molecular weight excluding hydrogens is 349 g/mol. The maximum Gasteiger partial charge on any atom is 0.0662 e. The Bertz CT molecular complexity index is 555. The maximum atomic E-state index is 4.51. The molecule has 3 nitrogen and oxygen atoms in total. The lowest BCUT2D eigenvalue weighted by molar-refractivity contribution is 0.654. The third-order valence-electron chi connectivity index (χ3n) is 3.61. The molecule has 1 aromatic heterocycles. The number of rotatable bonds is 5. The summed E-state index contributed by atoms with van der Waals surface area (Å²) >= 11 is 2.33. The summed E-state index contributed by atoms with van der Waals surface area (Å²) in [6, 6.07) is 9.38. The fourth-order valence-corrected chi connectivity index (χ4v) is 2.48. The van der Waals surface area contributed by atoms with Crippen LogP contribution < -0.4 is 5.32 Å². The van der Waals surface area contributed by atoms with Crippen molar-refractivity contribution in [1.82, 2.24) is 15.1 Å². The van der Waals surface area contributed by atoms with Crippen LogP contribution in [-0.4, -0.2) is 15.8 Å². The van der Waals surface area contributed by atoms with Gasteiger partial charge in [0.25, 0.3) is 0 Å². The van der Waals surface area contributed by atoms with E-state index in [4.69, 9.17) is 0 Å². The summed E-state index contributed by atoms with van der Waals surface area (Å²) in [6.45, 7) is 3.96. The van der Waals surface area contributed by atoms with Crippen LogP contribution >= 0.6 is 22.6 Å². The first kappa shape index (κ1) is 13.1. The molecule has 1 N–H and O–H groups in total. The SMILES string of the molecule is Cc1c(CNC2CC2)cnn1Cc1ccc(I)cc1. The summed E-state index contributed by atoms with van der Waals surface area (Å²) in [5, 5.41) is 8.05. The van der Waals surface area contributed by atoms with E-state index < -0.39 is 0 Å². The Morgan fingerprint density at radius 2 is 2.05 bits per heavy atom. The largest absolute Gasteiger partial charge is 0.310 e. The highest BCUT2D eigenvalue weighted by atomic mass is 127. The molecule has 0 unspecified atom stereocenters. The minimum absolute atomic E-state index is 0.749. The second-order valence-electron chi connectivity index (χ2n) is 5.19. The van der Waals surface area contributed by atoms with E-state index in [2.05, 4.69) is 68.9 Å². The predicted octanol–water partition coefficient (Wildman–Crippen LogP) is 3.10. The van der Waals surface area contributed by atoms with E-state index in [9.17, 15) is 0 Å². The summed E-state index contributed by atoms with van der Waals surface area (Å²) < 4.78 is 3.36. The highest BCUT2D eigenvalue weighted by Gasteiger charge is 2.20. The fourth-order valence-electron chi connectivity index (χ4n) is 2.12. The van der Waals surface area contributed by atoms with Crippen molar-refractivity contribution in [3.8, 4) is 0 Å². The Labute approximate surface area is 127 Å². The molecule has 1 saturated carbocycles. The minimum atomic E-state index is 0.749. The highest BCUT2D eigenvalue weighted by molar-refractivity contribution is 14.1. The van der Waals surface area contributed by atoms with E-state index in [0.717, 1.165) is 19.1 Å². The summed E-state index contributed by atoms with van der Waals surface area (Å²) in [5.74, 6) is 0. The fraction of sp³-hybridized carbons (Fsp3) is 0.400. The quantitative estimate of drug-likeness (QED) is 0.824. The van der Waals surface area contributed by atoms with Crippen LogP contribution in [0.1, 0.15) is 29.7 Å². The summed E-state index contributed by atoms with van der Waals surface area (Å²) in [6.07, 6.45) is 4.66. The molecule has 0 atom stereocenters. The summed E-state index contributed by atoms with van der Waals surface area (Å²) in [5.41, 5.74) is 3.89. The van der Waals surface area contributed by atoms with Crippen LogP contribution in [-0.2, 0) is 13.1 Å². The van der Waals surface area contributed by atoms with Gasteiger partial charge in [-0.3, -0.25) is 4.68 Å². The third kappa shape index (κ3) is 3.36. The Morgan fingerprint density at radius 1 is 1.32 bits per heavy atom. The molecule has 0 aliphatic heterocycles. The lowest BCUT2D eigenvalue weighted by Crippen LogP contribution is -2.15. The van der Waals surface area contributed by atoms with Gasteiger partial charge >= 0.3 is 0 Å². The van der Waals surface area contributed by atoms with Gasteiger partial charge in [-0.15, -0.1) is 0 Å². The average molecular weight is 367 g/mol. The van der Waals surface area contributed by atoms with Crippen LogP contribution in [0.5, 0.6) is 0 Å². The third-order valence-corrected chi connectivity index (χ3v) is 4.33. The van der Waals surface area contributed by atoms with Gasteiger partial charge < -0.3 is 5.32 Å². The van der Waals surface area contributed by atoms with Crippen molar-refractivity contribution in [2.45, 2.75) is 38.9 Å². The van der Waals surface area contributed by atoms with Gasteiger partial charge in [0.1, 0.15) is 0 Å². The van der Waals surface area contributed by atoms with Gasteiger partial charge in [-0.25, -0.2) is 0 Å². The van der Waals surface area contributed by atoms with Crippen molar-refractivity contribution in [2.75, 3.05) is 0 Å². The number of nitrogens with one attached hydrogen (secondary N) is 1. The molecule has 3 rings (SSSR count). The number of aromatic nitrogens is 2. The predicted molar refractivity (Wildman–Crippen MR) is 85.1 cm³/mol. The molecule has 1 aliphatic rings. The first-order chi connectivity index (χ1) is 9.22. The van der Waals surface area contributed by atoms with Crippen LogP contribution in [0.25, 0.3) is 0 Å². The Morgan fingerprint density at radius 3 is 2.74 bits per heavy atom. The molecule has 1 aliphatic carbocycles. The standard InChI is InChI=1S/C15H18IN3/c1-11-13(8-17-15-6-7-15)9-18-19(11)10-12-2-4-14(16)5-3-12/h2-5,9,15,17H,6-8,10H2,1H3. The van der Waals surface area contributed by atoms with Crippen LogP contribution in [0, 0.1) is 10.5 Å². The van der Waals surface area contributed by atoms with Gasteiger partial charge in [-0.05, 0) is 60.1 Å². The monoisotopic (exact) mass is 367 g/mol. The van der Waals surface area contributed by atoms with E-state index >= 15 is 0 Å². The van der Waals surface area contributed by atoms with Gasteiger partial charge in [0.05, 0.1) is 12.7 Å². The molecule has 0 bridgehead atoms. The Balaban J connectivity index is 1.68. The van der Waals surface area contributed by atoms with E-state index in [-0.39, 0.29) is 0 Å². The van der Waals surface area contributed by atoms with Gasteiger partial charge in [-0.1, -0.05) is 12.1 Å². The first-order valence-electron chi connectivity index (χ1n) is 6.71. The average Bonchev–Trinajstić information content (AvgIpc) is 3.17. The number of nitrogens with zero attached hydrogens (tertiary/aromatic N) is 2. The number of halogens is 1. The van der Waals surface area contributed by atoms with Crippen molar-refractivity contribution >= 4 is 22.6 Å². The topological polar surface area (TPSA) is 29.9 Å². The zero-order valence-electron chi connectivity index (χ0n) is 11.1. The normalized spacial score (nSPS) is 14.8. The number of hydrogen-bond donors (Lipinski definition) is 1. The molecule has 0 spiro atoms. The number of hydrogen-bond acceptors (Lipinski definition) is 2. The van der Waals surface area contributed by atoms with Crippen LogP contribution in [0.3, 0.4) is 0 Å². The maximum absolute atomic E-state index is 4.51. The van der Waals surface area contributed by atoms with Gasteiger partial charge in [-0.2, -0.15) is 5.10 Å². The summed E-state index contributed by atoms with van der Waals surface area (Å²) in [4.78, 5) is 0. The van der Waals surface area contributed by atoms with Crippen LogP contribution in [0.2, 0.25) is 0 Å². The van der Waals surface area contributed by atoms with Crippen molar-refractivity contribution in [3.05, 3.63) is 50.9 Å². The molecule has 1 fully saturated rings. The molecule has 1 heterocycles. The lowest BCUT2D eigenvalue weighted by Gasteiger charge is -2.06. The van der Waals surface area contributed by atoms with Gasteiger partial charge in [0.2, 0.25) is 0 Å². The Kier molecular flexibility index (Phi) is 3.88. The van der Waals surface area contributed by atoms with Crippen molar-refractivity contribution in [2.24, 2.45) is 0 Å². The molecule has 0 saturated heterocycles. The second-order valence-corrected chi connectivity index (χ2v) is 6.44. The molecule has 2 aromatic rings. The zero-order chi connectivity index (χ0) is 13.2. The van der Waals surface area contributed by atoms with Crippen LogP contribution in [0.4, 0.5) is 0 Å².